The van der Waals surface area contributed by atoms with Crippen LogP contribution < -0.4 is 10.4 Å². The third-order valence-electron chi connectivity index (χ3n) is 2.73. The minimum absolute atomic E-state index is 0.0121. The van der Waals surface area contributed by atoms with Gasteiger partial charge >= 0.3 is 5.63 Å². The highest BCUT2D eigenvalue weighted by Gasteiger charge is 2.20. The minimum atomic E-state index is -0.635. The normalized spacial score (nSPS) is 10.6. The van der Waals surface area contributed by atoms with E-state index in [1.807, 2.05) is 6.92 Å². The maximum Gasteiger partial charge on any atom is 0.351 e. The maximum absolute atomic E-state index is 11.9. The van der Waals surface area contributed by atoms with Crippen LogP contribution in [0.3, 0.4) is 0 Å². The van der Waals surface area contributed by atoms with Gasteiger partial charge in [0.1, 0.15) is 16.9 Å². The fourth-order valence-electron chi connectivity index (χ4n) is 1.93. The number of hydrogen-bond donors (Lipinski definition) is 0. The molecule has 0 unspecified atom stereocenters. The molecule has 1 heterocycles. The van der Waals surface area contributed by atoms with Gasteiger partial charge < -0.3 is 9.15 Å². The van der Waals surface area contributed by atoms with E-state index in [-0.39, 0.29) is 11.3 Å². The number of fused-ring (bicyclic) bond motifs is 1. The second kappa shape index (κ2) is 5.04. The van der Waals surface area contributed by atoms with Crippen molar-refractivity contribution in [2.75, 3.05) is 7.11 Å². The van der Waals surface area contributed by atoms with Gasteiger partial charge in [-0.2, -0.15) is 0 Å². The van der Waals surface area contributed by atoms with Crippen molar-refractivity contribution in [3.63, 3.8) is 0 Å². The summed E-state index contributed by atoms with van der Waals surface area (Å²) in [4.78, 5) is 23.8. The molecule has 0 radical (unpaired) electrons. The van der Waals surface area contributed by atoms with Crippen LogP contribution in [0.5, 0.6) is 5.75 Å². The van der Waals surface area contributed by atoms with Crippen LogP contribution in [0, 0.1) is 0 Å². The van der Waals surface area contributed by atoms with Crippen LogP contribution in [-0.4, -0.2) is 12.9 Å². The Kier molecular flexibility index (Phi) is 3.46. The van der Waals surface area contributed by atoms with Crippen LogP contribution >= 0.6 is 0 Å². The molecule has 4 nitrogen and oxygen atoms in total. The van der Waals surface area contributed by atoms with E-state index in [1.54, 1.807) is 24.3 Å². The Hall–Kier alpha value is -2.10. The molecule has 0 spiro atoms. The molecule has 2 rings (SSSR count). The first kappa shape index (κ1) is 12.4. The molecule has 1 aromatic carbocycles. The average molecular weight is 246 g/mol. The zero-order chi connectivity index (χ0) is 13.1. The maximum atomic E-state index is 11.9. The van der Waals surface area contributed by atoms with Gasteiger partial charge in [-0.1, -0.05) is 19.1 Å². The first-order chi connectivity index (χ1) is 8.69. The number of carbonyl (C=O) groups excluding carboxylic acids is 1. The van der Waals surface area contributed by atoms with Crippen LogP contribution in [-0.2, 0) is 0 Å². The number of ketones is 1. The van der Waals surface area contributed by atoms with Crippen LogP contribution in [0.15, 0.2) is 33.5 Å². The van der Waals surface area contributed by atoms with Crippen molar-refractivity contribution in [1.82, 2.24) is 0 Å². The number of benzene rings is 1. The van der Waals surface area contributed by atoms with Gasteiger partial charge in [0.05, 0.1) is 12.5 Å². The topological polar surface area (TPSA) is 56.5 Å². The summed E-state index contributed by atoms with van der Waals surface area (Å²) in [5.74, 6) is 0.0640. The monoisotopic (exact) mass is 246 g/mol. The van der Waals surface area contributed by atoms with E-state index >= 15 is 0 Å². The summed E-state index contributed by atoms with van der Waals surface area (Å²) in [7, 11) is 1.45. The van der Waals surface area contributed by atoms with Crippen molar-refractivity contribution < 1.29 is 13.9 Å². The molecular weight excluding hydrogens is 232 g/mol. The fraction of sp³-hybridized carbons (Fsp3) is 0.286. The first-order valence-electron chi connectivity index (χ1n) is 5.82. The molecule has 94 valence electrons. The first-order valence-corrected chi connectivity index (χ1v) is 5.82. The Morgan fingerprint density at radius 1 is 1.33 bits per heavy atom. The lowest BCUT2D eigenvalue weighted by molar-refractivity contribution is 0.0975. The number of Topliss-reactive ketones (excluding diaryl/α,β-unsaturated/α-hetero) is 1. The van der Waals surface area contributed by atoms with Crippen molar-refractivity contribution in [3.8, 4) is 5.75 Å². The molecule has 2 aromatic rings. The number of rotatable bonds is 4. The van der Waals surface area contributed by atoms with Crippen molar-refractivity contribution in [3.05, 3.63) is 40.2 Å². The second-order valence-electron chi connectivity index (χ2n) is 3.97. The van der Waals surface area contributed by atoms with Crippen LogP contribution in [0.25, 0.3) is 11.0 Å². The van der Waals surface area contributed by atoms with Gasteiger partial charge in [0.2, 0.25) is 0 Å². The predicted octanol–water partition coefficient (Wildman–Crippen LogP) is 2.78. The Morgan fingerprint density at radius 2 is 2.06 bits per heavy atom. The molecule has 0 aliphatic heterocycles. The second-order valence-corrected chi connectivity index (χ2v) is 3.97. The smallest absolute Gasteiger partial charge is 0.351 e. The highest BCUT2D eigenvalue weighted by molar-refractivity contribution is 6.02. The largest absolute Gasteiger partial charge is 0.495 e. The summed E-state index contributed by atoms with van der Waals surface area (Å²) in [6.45, 7) is 1.88. The van der Waals surface area contributed by atoms with Crippen LogP contribution in [0.4, 0.5) is 0 Å². The van der Waals surface area contributed by atoms with E-state index in [2.05, 4.69) is 0 Å². The summed E-state index contributed by atoms with van der Waals surface area (Å²) in [5, 5.41) is 0.638. The van der Waals surface area contributed by atoms with E-state index < -0.39 is 5.63 Å². The molecule has 0 bridgehead atoms. The quantitative estimate of drug-likeness (QED) is 0.614. The average Bonchev–Trinajstić information content (AvgIpc) is 2.37. The van der Waals surface area contributed by atoms with E-state index in [9.17, 15) is 9.59 Å². The molecule has 1 aromatic heterocycles. The van der Waals surface area contributed by atoms with Gasteiger partial charge in [-0.25, -0.2) is 4.79 Å². The predicted molar refractivity (Wildman–Crippen MR) is 68.3 cm³/mol. The highest BCUT2D eigenvalue weighted by atomic mass is 16.5. The molecule has 0 saturated carbocycles. The zero-order valence-corrected chi connectivity index (χ0v) is 10.4. The molecule has 0 aliphatic rings. The van der Waals surface area contributed by atoms with Gasteiger partial charge in [0.15, 0.2) is 5.78 Å². The van der Waals surface area contributed by atoms with Crippen molar-refractivity contribution in [2.45, 2.75) is 19.8 Å². The number of ether oxygens (including phenoxy) is 1. The highest BCUT2D eigenvalue weighted by Crippen LogP contribution is 2.27. The Balaban J connectivity index is 2.76. The fourth-order valence-corrected chi connectivity index (χ4v) is 1.93. The third-order valence-corrected chi connectivity index (χ3v) is 2.73. The molecular formula is C14H14O4. The molecule has 0 atom stereocenters. The third kappa shape index (κ3) is 2.01. The summed E-state index contributed by atoms with van der Waals surface area (Å²) >= 11 is 0. The number of hydrogen-bond acceptors (Lipinski definition) is 4. The van der Waals surface area contributed by atoms with Crippen molar-refractivity contribution in [1.29, 1.82) is 0 Å². The van der Waals surface area contributed by atoms with Gasteiger partial charge in [0, 0.05) is 6.42 Å². The molecule has 0 amide bonds. The Morgan fingerprint density at radius 3 is 2.72 bits per heavy atom. The lowest BCUT2D eigenvalue weighted by Gasteiger charge is -2.08. The van der Waals surface area contributed by atoms with Gasteiger partial charge in [0.25, 0.3) is 0 Å². The minimum Gasteiger partial charge on any atom is -0.495 e. The summed E-state index contributed by atoms with van der Waals surface area (Å²) < 4.78 is 10.4. The Labute approximate surface area is 104 Å². The van der Waals surface area contributed by atoms with Gasteiger partial charge in [-0.15, -0.1) is 0 Å². The van der Waals surface area contributed by atoms with E-state index in [4.69, 9.17) is 9.15 Å². The molecule has 4 heteroatoms. The standard InChI is InChI=1S/C14H14O4/c1-3-6-10(15)12-13(17-2)9-7-4-5-8-11(9)18-14(12)16/h4-5,7-8H,3,6H2,1-2H3. The van der Waals surface area contributed by atoms with E-state index in [0.717, 1.165) is 0 Å². The summed E-state index contributed by atoms with van der Waals surface area (Å²) in [6.07, 6.45) is 0.980. The summed E-state index contributed by atoms with van der Waals surface area (Å²) in [6, 6.07) is 7.00. The van der Waals surface area contributed by atoms with Crippen LogP contribution in [0.2, 0.25) is 0 Å². The van der Waals surface area contributed by atoms with Gasteiger partial charge in [-0.3, -0.25) is 4.79 Å². The summed E-state index contributed by atoms with van der Waals surface area (Å²) in [5.41, 5.74) is -0.200. The SMILES string of the molecule is CCCC(=O)c1c(OC)c2ccccc2oc1=O. The Bertz CT molecular complexity index is 640. The number of para-hydroxylation sites is 1. The van der Waals surface area contributed by atoms with Crippen LogP contribution in [0.1, 0.15) is 30.1 Å². The van der Waals surface area contributed by atoms with E-state index in [0.29, 0.717) is 29.6 Å². The molecule has 0 N–H and O–H groups in total. The molecule has 0 saturated heterocycles. The van der Waals surface area contributed by atoms with E-state index in [1.165, 1.54) is 7.11 Å². The number of methoxy groups -OCH3 is 1. The van der Waals surface area contributed by atoms with Crippen molar-refractivity contribution >= 4 is 16.8 Å². The zero-order valence-electron chi connectivity index (χ0n) is 10.4. The molecule has 0 fully saturated rings. The molecule has 0 aliphatic carbocycles. The van der Waals surface area contributed by atoms with Gasteiger partial charge in [-0.05, 0) is 18.6 Å². The number of carbonyl (C=O) groups is 1. The van der Waals surface area contributed by atoms with Crippen molar-refractivity contribution in [2.24, 2.45) is 0 Å². The molecule has 18 heavy (non-hydrogen) atoms. The lowest BCUT2D eigenvalue weighted by atomic mass is 10.1. The lowest BCUT2D eigenvalue weighted by Crippen LogP contribution is -2.16.